The van der Waals surface area contributed by atoms with Gasteiger partial charge in [0, 0.05) is 16.7 Å². The molecule has 34 heavy (non-hydrogen) atoms. The molecule has 0 spiro atoms. The van der Waals surface area contributed by atoms with Gasteiger partial charge in [0.05, 0.1) is 18.5 Å². The lowest BCUT2D eigenvalue weighted by molar-refractivity contribution is -0.142. The van der Waals surface area contributed by atoms with Gasteiger partial charge in [-0.05, 0) is 26.8 Å². The second-order valence-electron chi connectivity index (χ2n) is 9.03. The SMILES string of the molecule is COC(=O)[C@H]1[C@H](N=C(c2ccccc2)c2ccccc2)c2ccccc2N1C(=O)OC(C)(C)C. The molecule has 0 unspecified atom stereocenters. The molecule has 0 saturated heterocycles. The van der Waals surface area contributed by atoms with Gasteiger partial charge in [-0.3, -0.25) is 9.89 Å². The van der Waals surface area contributed by atoms with E-state index in [1.807, 2.05) is 78.9 Å². The van der Waals surface area contributed by atoms with Crippen molar-refractivity contribution in [3.8, 4) is 0 Å². The molecule has 0 N–H and O–H groups in total. The molecule has 0 fully saturated rings. The van der Waals surface area contributed by atoms with Crippen LogP contribution in [-0.4, -0.2) is 36.5 Å². The van der Waals surface area contributed by atoms with Crippen molar-refractivity contribution in [3.05, 3.63) is 102 Å². The number of rotatable bonds is 4. The van der Waals surface area contributed by atoms with Crippen LogP contribution in [0.3, 0.4) is 0 Å². The summed E-state index contributed by atoms with van der Waals surface area (Å²) in [6.07, 6.45) is -0.617. The van der Waals surface area contributed by atoms with Crippen LogP contribution in [0.2, 0.25) is 0 Å². The van der Waals surface area contributed by atoms with Crippen molar-refractivity contribution < 1.29 is 19.1 Å². The zero-order chi connectivity index (χ0) is 24.3. The van der Waals surface area contributed by atoms with Gasteiger partial charge in [0.1, 0.15) is 11.6 Å². The van der Waals surface area contributed by atoms with Crippen LogP contribution in [0.4, 0.5) is 10.5 Å². The summed E-state index contributed by atoms with van der Waals surface area (Å²) in [5.74, 6) is -0.559. The monoisotopic (exact) mass is 456 g/mol. The predicted octanol–water partition coefficient (Wildman–Crippen LogP) is 5.56. The first-order valence-electron chi connectivity index (χ1n) is 11.2. The third-order valence-electron chi connectivity index (χ3n) is 5.49. The summed E-state index contributed by atoms with van der Waals surface area (Å²) in [4.78, 5) is 32.8. The first-order chi connectivity index (χ1) is 16.3. The topological polar surface area (TPSA) is 68.2 Å². The molecule has 6 nitrogen and oxygen atoms in total. The van der Waals surface area contributed by atoms with Gasteiger partial charge < -0.3 is 9.47 Å². The summed E-state index contributed by atoms with van der Waals surface area (Å²) in [5, 5.41) is 0. The Morgan fingerprint density at radius 1 is 0.824 bits per heavy atom. The number of ether oxygens (including phenoxy) is 2. The number of hydrogen-bond acceptors (Lipinski definition) is 5. The number of para-hydroxylation sites is 1. The summed E-state index contributed by atoms with van der Waals surface area (Å²) in [5.41, 5.74) is 3.15. The molecule has 4 rings (SSSR count). The Balaban J connectivity index is 1.90. The second-order valence-corrected chi connectivity index (χ2v) is 9.03. The number of anilines is 1. The molecule has 3 aromatic rings. The number of amides is 1. The maximum Gasteiger partial charge on any atom is 0.415 e. The van der Waals surface area contributed by atoms with E-state index >= 15 is 0 Å². The Hall–Kier alpha value is -3.93. The van der Waals surface area contributed by atoms with E-state index in [4.69, 9.17) is 14.5 Å². The minimum Gasteiger partial charge on any atom is -0.467 e. The zero-order valence-corrected chi connectivity index (χ0v) is 19.8. The highest BCUT2D eigenvalue weighted by atomic mass is 16.6. The van der Waals surface area contributed by atoms with Crippen molar-refractivity contribution in [2.24, 2.45) is 4.99 Å². The highest BCUT2D eigenvalue weighted by Gasteiger charge is 2.48. The molecule has 2 atom stereocenters. The molecule has 1 amide bonds. The standard InChI is InChI=1S/C28H28N2O4/c1-28(2,3)34-27(32)30-22-18-12-11-17-21(22)24(25(30)26(31)33-4)29-23(19-13-7-5-8-14-19)20-15-9-6-10-16-20/h5-18,24-25H,1-4H3/t24-,25-/m1/s1. The Morgan fingerprint density at radius 3 is 1.88 bits per heavy atom. The van der Waals surface area contributed by atoms with Crippen LogP contribution in [0.25, 0.3) is 0 Å². The number of nitrogens with zero attached hydrogens (tertiary/aromatic N) is 2. The summed E-state index contributed by atoms with van der Waals surface area (Å²) in [6.45, 7) is 5.37. The van der Waals surface area contributed by atoms with Crippen molar-refractivity contribution in [3.63, 3.8) is 0 Å². The maximum atomic E-state index is 13.3. The normalized spacial score (nSPS) is 17.0. The van der Waals surface area contributed by atoms with Crippen LogP contribution in [0, 0.1) is 0 Å². The number of carbonyl (C=O) groups excluding carboxylic acids is 2. The molecular formula is C28H28N2O4. The molecule has 0 saturated carbocycles. The van der Waals surface area contributed by atoms with Crippen molar-refractivity contribution in [1.29, 1.82) is 0 Å². The van der Waals surface area contributed by atoms with Gasteiger partial charge in [-0.25, -0.2) is 9.59 Å². The fourth-order valence-corrected chi connectivity index (χ4v) is 4.08. The summed E-state index contributed by atoms with van der Waals surface area (Å²) < 4.78 is 10.8. The molecule has 0 radical (unpaired) electrons. The molecule has 1 aliphatic rings. The maximum absolute atomic E-state index is 13.3. The zero-order valence-electron chi connectivity index (χ0n) is 19.8. The van der Waals surface area contributed by atoms with Crippen LogP contribution in [0.5, 0.6) is 0 Å². The summed E-state index contributed by atoms with van der Waals surface area (Å²) >= 11 is 0. The Kier molecular flexibility index (Phi) is 6.50. The lowest BCUT2D eigenvalue weighted by Gasteiger charge is -2.29. The van der Waals surface area contributed by atoms with Crippen molar-refractivity contribution in [1.82, 2.24) is 0 Å². The van der Waals surface area contributed by atoms with Crippen LogP contribution < -0.4 is 4.90 Å². The van der Waals surface area contributed by atoms with Gasteiger partial charge >= 0.3 is 12.1 Å². The molecule has 1 aliphatic heterocycles. The highest BCUT2D eigenvalue weighted by Crippen LogP contribution is 2.43. The highest BCUT2D eigenvalue weighted by molar-refractivity contribution is 6.13. The minimum atomic E-state index is -1.00. The Morgan fingerprint density at radius 2 is 1.35 bits per heavy atom. The van der Waals surface area contributed by atoms with Crippen LogP contribution in [0.1, 0.15) is 43.5 Å². The van der Waals surface area contributed by atoms with Crippen molar-refractivity contribution in [2.75, 3.05) is 12.0 Å². The van der Waals surface area contributed by atoms with Crippen LogP contribution in [0.15, 0.2) is 89.9 Å². The van der Waals surface area contributed by atoms with E-state index in [1.54, 1.807) is 26.8 Å². The molecular weight excluding hydrogens is 428 g/mol. The molecule has 0 aliphatic carbocycles. The summed E-state index contributed by atoms with van der Waals surface area (Å²) in [7, 11) is 1.31. The summed E-state index contributed by atoms with van der Waals surface area (Å²) in [6, 6.07) is 25.3. The largest absolute Gasteiger partial charge is 0.467 e. The number of carbonyl (C=O) groups is 2. The van der Waals surface area contributed by atoms with E-state index in [0.29, 0.717) is 5.69 Å². The average molecular weight is 457 g/mol. The molecule has 0 bridgehead atoms. The van der Waals surface area contributed by atoms with E-state index in [1.165, 1.54) is 12.0 Å². The lowest BCUT2D eigenvalue weighted by atomic mass is 9.99. The lowest BCUT2D eigenvalue weighted by Crippen LogP contribution is -2.47. The molecule has 174 valence electrons. The predicted molar refractivity (Wildman–Crippen MR) is 132 cm³/mol. The van der Waals surface area contributed by atoms with Gasteiger partial charge in [-0.1, -0.05) is 78.9 Å². The molecule has 3 aromatic carbocycles. The second kappa shape index (κ2) is 9.51. The minimum absolute atomic E-state index is 0.559. The average Bonchev–Trinajstić information content (AvgIpc) is 3.16. The third kappa shape index (κ3) is 4.71. The number of hydrogen-bond donors (Lipinski definition) is 0. The van der Waals surface area contributed by atoms with Gasteiger partial charge in [0.15, 0.2) is 6.04 Å². The van der Waals surface area contributed by atoms with E-state index in [0.717, 1.165) is 22.4 Å². The van der Waals surface area contributed by atoms with Crippen LogP contribution >= 0.6 is 0 Å². The number of methoxy groups -OCH3 is 1. The molecule has 0 aromatic heterocycles. The fraction of sp³-hybridized carbons (Fsp3) is 0.250. The molecule has 1 heterocycles. The van der Waals surface area contributed by atoms with E-state index < -0.39 is 29.7 Å². The van der Waals surface area contributed by atoms with Crippen molar-refractivity contribution in [2.45, 2.75) is 38.5 Å². The smallest absolute Gasteiger partial charge is 0.415 e. The Bertz CT molecular complexity index is 1160. The van der Waals surface area contributed by atoms with Crippen LogP contribution in [-0.2, 0) is 14.3 Å². The third-order valence-corrected chi connectivity index (χ3v) is 5.49. The number of aliphatic imine (C=N–C) groups is 1. The van der Waals surface area contributed by atoms with Gasteiger partial charge in [-0.15, -0.1) is 0 Å². The number of fused-ring (bicyclic) bond motifs is 1. The van der Waals surface area contributed by atoms with E-state index in [-0.39, 0.29) is 0 Å². The number of esters is 1. The van der Waals surface area contributed by atoms with Gasteiger partial charge in [0.25, 0.3) is 0 Å². The van der Waals surface area contributed by atoms with Crippen molar-refractivity contribution >= 4 is 23.5 Å². The first-order valence-corrected chi connectivity index (χ1v) is 11.2. The fourth-order valence-electron chi connectivity index (χ4n) is 4.08. The first kappa shape index (κ1) is 23.2. The quantitative estimate of drug-likeness (QED) is 0.381. The number of benzene rings is 3. The van der Waals surface area contributed by atoms with Gasteiger partial charge in [0.2, 0.25) is 0 Å². The van der Waals surface area contributed by atoms with E-state index in [2.05, 4.69) is 0 Å². The van der Waals surface area contributed by atoms with Gasteiger partial charge in [-0.2, -0.15) is 0 Å². The van der Waals surface area contributed by atoms with E-state index in [9.17, 15) is 9.59 Å². The Labute approximate surface area is 199 Å². The molecule has 6 heteroatoms.